The molecule has 0 unspecified atom stereocenters. The minimum absolute atomic E-state index is 0.263. The number of hydrogen-bond donors (Lipinski definition) is 1. The van der Waals surface area contributed by atoms with Gasteiger partial charge in [-0.1, -0.05) is 42.5 Å². The number of ether oxygens (including phenoxy) is 1. The number of para-hydroxylation sites is 2. The molecule has 0 amide bonds. The van der Waals surface area contributed by atoms with Crippen molar-refractivity contribution in [2.24, 2.45) is 4.99 Å². The maximum Gasteiger partial charge on any atom is 0.335 e. The first-order valence-corrected chi connectivity index (χ1v) is 8.27. The monoisotopic (exact) mass is 345 g/mol. The number of aliphatic imine (C=N–C) groups is 1. The molecule has 0 radical (unpaired) electrons. The first kappa shape index (κ1) is 17.4. The first-order chi connectivity index (χ1) is 12.6. The zero-order chi connectivity index (χ0) is 18.4. The van der Waals surface area contributed by atoms with Crippen LogP contribution in [-0.4, -0.2) is 17.3 Å². The van der Waals surface area contributed by atoms with Crippen LogP contribution in [0, 0.1) is 6.92 Å². The SMILES string of the molecule is Cc1ccccc1N=Cc1ccccc1OCc1ccc(C(=O)O)cc1. The predicted molar refractivity (Wildman–Crippen MR) is 103 cm³/mol. The molecule has 26 heavy (non-hydrogen) atoms. The van der Waals surface area contributed by atoms with Crippen LogP contribution in [0.4, 0.5) is 5.69 Å². The fraction of sp³-hybridized carbons (Fsp3) is 0.0909. The van der Waals surface area contributed by atoms with Crippen molar-refractivity contribution in [1.29, 1.82) is 0 Å². The van der Waals surface area contributed by atoms with Crippen LogP contribution in [0.3, 0.4) is 0 Å². The number of rotatable bonds is 6. The number of carboxylic acids is 1. The van der Waals surface area contributed by atoms with Crippen LogP contribution >= 0.6 is 0 Å². The Morgan fingerprint density at radius 2 is 1.69 bits per heavy atom. The number of aryl methyl sites for hydroxylation is 1. The van der Waals surface area contributed by atoms with E-state index >= 15 is 0 Å². The van der Waals surface area contributed by atoms with Gasteiger partial charge in [-0.25, -0.2) is 4.79 Å². The molecule has 3 aromatic rings. The summed E-state index contributed by atoms with van der Waals surface area (Å²) in [5.41, 5.74) is 4.09. The molecule has 0 aliphatic rings. The van der Waals surface area contributed by atoms with Gasteiger partial charge in [-0.15, -0.1) is 0 Å². The van der Waals surface area contributed by atoms with Gasteiger partial charge in [0.15, 0.2) is 0 Å². The normalized spacial score (nSPS) is 10.8. The average Bonchev–Trinajstić information content (AvgIpc) is 2.66. The van der Waals surface area contributed by atoms with E-state index < -0.39 is 5.97 Å². The maximum atomic E-state index is 10.9. The van der Waals surface area contributed by atoms with E-state index in [2.05, 4.69) is 4.99 Å². The van der Waals surface area contributed by atoms with Crippen LogP contribution in [0.5, 0.6) is 5.75 Å². The number of nitrogens with zero attached hydrogens (tertiary/aromatic N) is 1. The lowest BCUT2D eigenvalue weighted by Gasteiger charge is -2.09. The molecule has 0 spiro atoms. The molecule has 3 aromatic carbocycles. The third-order valence-corrected chi connectivity index (χ3v) is 3.97. The van der Waals surface area contributed by atoms with Crippen molar-refractivity contribution in [2.75, 3.05) is 0 Å². The van der Waals surface area contributed by atoms with E-state index in [0.29, 0.717) is 6.61 Å². The number of carboxylic acid groups (broad SMARTS) is 1. The Bertz CT molecular complexity index is 930. The second-order valence-electron chi connectivity index (χ2n) is 5.87. The van der Waals surface area contributed by atoms with Crippen LogP contribution < -0.4 is 4.74 Å². The van der Waals surface area contributed by atoms with Crippen LogP contribution in [0.25, 0.3) is 0 Å². The Morgan fingerprint density at radius 3 is 2.42 bits per heavy atom. The van der Waals surface area contributed by atoms with E-state index in [1.54, 1.807) is 30.5 Å². The van der Waals surface area contributed by atoms with Crippen LogP contribution in [-0.2, 0) is 6.61 Å². The van der Waals surface area contributed by atoms with Crippen molar-refractivity contribution in [2.45, 2.75) is 13.5 Å². The number of benzene rings is 3. The third kappa shape index (κ3) is 4.36. The maximum absolute atomic E-state index is 10.9. The second kappa shape index (κ2) is 8.12. The van der Waals surface area contributed by atoms with Crippen molar-refractivity contribution in [3.63, 3.8) is 0 Å². The summed E-state index contributed by atoms with van der Waals surface area (Å²) < 4.78 is 5.90. The quantitative estimate of drug-likeness (QED) is 0.638. The highest BCUT2D eigenvalue weighted by molar-refractivity contribution is 5.87. The molecule has 0 atom stereocenters. The van der Waals surface area contributed by atoms with E-state index in [4.69, 9.17) is 9.84 Å². The topological polar surface area (TPSA) is 58.9 Å². The molecule has 3 rings (SSSR count). The van der Waals surface area contributed by atoms with E-state index in [-0.39, 0.29) is 5.56 Å². The van der Waals surface area contributed by atoms with Crippen molar-refractivity contribution in [3.8, 4) is 5.75 Å². The van der Waals surface area contributed by atoms with Gasteiger partial charge in [0.2, 0.25) is 0 Å². The Balaban J connectivity index is 1.73. The highest BCUT2D eigenvalue weighted by Gasteiger charge is 2.04. The molecule has 0 saturated carbocycles. The van der Waals surface area contributed by atoms with Gasteiger partial charge in [-0.3, -0.25) is 4.99 Å². The van der Waals surface area contributed by atoms with E-state index in [1.165, 1.54) is 0 Å². The van der Waals surface area contributed by atoms with Gasteiger partial charge in [0, 0.05) is 11.8 Å². The third-order valence-electron chi connectivity index (χ3n) is 3.97. The van der Waals surface area contributed by atoms with Gasteiger partial charge in [-0.2, -0.15) is 0 Å². The Labute approximate surface area is 152 Å². The smallest absolute Gasteiger partial charge is 0.335 e. The number of hydrogen-bond acceptors (Lipinski definition) is 3. The van der Waals surface area contributed by atoms with Crippen molar-refractivity contribution in [3.05, 3.63) is 95.1 Å². The Kier molecular flexibility index (Phi) is 5.44. The van der Waals surface area contributed by atoms with Crippen molar-refractivity contribution < 1.29 is 14.6 Å². The summed E-state index contributed by atoms with van der Waals surface area (Å²) in [6, 6.07) is 22.3. The number of carbonyl (C=O) groups is 1. The molecule has 0 aliphatic heterocycles. The lowest BCUT2D eigenvalue weighted by molar-refractivity contribution is 0.0697. The molecule has 0 fully saturated rings. The summed E-state index contributed by atoms with van der Waals surface area (Å²) in [6.45, 7) is 2.38. The second-order valence-corrected chi connectivity index (χ2v) is 5.87. The van der Waals surface area contributed by atoms with Gasteiger partial charge in [0.25, 0.3) is 0 Å². The summed E-state index contributed by atoms with van der Waals surface area (Å²) in [5.74, 6) is -0.206. The van der Waals surface area contributed by atoms with Crippen LogP contribution in [0.15, 0.2) is 77.8 Å². The summed E-state index contributed by atoms with van der Waals surface area (Å²) in [7, 11) is 0. The molecule has 0 saturated heterocycles. The highest BCUT2D eigenvalue weighted by atomic mass is 16.5. The van der Waals surface area contributed by atoms with E-state index in [0.717, 1.165) is 28.1 Å². The van der Waals surface area contributed by atoms with Gasteiger partial charge >= 0.3 is 5.97 Å². The predicted octanol–water partition coefficient (Wildman–Crippen LogP) is 5.02. The summed E-state index contributed by atoms with van der Waals surface area (Å²) in [6.07, 6.45) is 1.80. The van der Waals surface area contributed by atoms with Crippen molar-refractivity contribution in [1.82, 2.24) is 0 Å². The molecule has 4 heteroatoms. The highest BCUT2D eigenvalue weighted by Crippen LogP contribution is 2.21. The van der Waals surface area contributed by atoms with Gasteiger partial charge in [0.1, 0.15) is 12.4 Å². The molecular formula is C22H19NO3. The van der Waals surface area contributed by atoms with Crippen molar-refractivity contribution >= 4 is 17.9 Å². The lowest BCUT2D eigenvalue weighted by Crippen LogP contribution is -2.00. The van der Waals surface area contributed by atoms with Gasteiger partial charge in [0.05, 0.1) is 11.3 Å². The van der Waals surface area contributed by atoms with E-state index in [9.17, 15) is 4.79 Å². The lowest BCUT2D eigenvalue weighted by atomic mass is 10.1. The van der Waals surface area contributed by atoms with Gasteiger partial charge in [-0.05, 0) is 48.4 Å². The molecule has 0 bridgehead atoms. The average molecular weight is 345 g/mol. The molecular weight excluding hydrogens is 326 g/mol. The first-order valence-electron chi connectivity index (χ1n) is 8.27. The molecule has 1 N–H and O–H groups in total. The van der Waals surface area contributed by atoms with Crippen LogP contribution in [0.1, 0.15) is 27.0 Å². The fourth-order valence-electron chi connectivity index (χ4n) is 2.47. The molecule has 0 heterocycles. The molecule has 0 aromatic heterocycles. The Hall–Kier alpha value is -3.40. The summed E-state index contributed by atoms with van der Waals surface area (Å²) >= 11 is 0. The minimum atomic E-state index is -0.935. The minimum Gasteiger partial charge on any atom is -0.488 e. The summed E-state index contributed by atoms with van der Waals surface area (Å²) in [5, 5.41) is 8.95. The number of aromatic carboxylic acids is 1. The largest absolute Gasteiger partial charge is 0.488 e. The Morgan fingerprint density at radius 1 is 1.00 bits per heavy atom. The molecule has 0 aliphatic carbocycles. The standard InChI is InChI=1S/C22H19NO3/c1-16-6-2-4-8-20(16)23-14-19-7-3-5-9-21(19)26-15-17-10-12-18(13-11-17)22(24)25/h2-14H,15H2,1H3,(H,24,25). The van der Waals surface area contributed by atoms with Crippen LogP contribution in [0.2, 0.25) is 0 Å². The molecule has 130 valence electrons. The molecule has 4 nitrogen and oxygen atoms in total. The summed E-state index contributed by atoms with van der Waals surface area (Å²) in [4.78, 5) is 15.5. The zero-order valence-corrected chi connectivity index (χ0v) is 14.4. The zero-order valence-electron chi connectivity index (χ0n) is 14.4. The van der Waals surface area contributed by atoms with E-state index in [1.807, 2.05) is 55.5 Å². The van der Waals surface area contributed by atoms with Gasteiger partial charge < -0.3 is 9.84 Å². The fourth-order valence-corrected chi connectivity index (χ4v) is 2.47.